The summed E-state index contributed by atoms with van der Waals surface area (Å²) >= 11 is 0. The molecule has 0 aliphatic carbocycles. The van der Waals surface area contributed by atoms with Crippen LogP contribution in [0.1, 0.15) is 40.1 Å². The number of rotatable bonds is 11. The molecule has 1 aromatic heterocycles. The first kappa shape index (κ1) is 28.3. The molecular formula is C32H34N4O4. The van der Waals surface area contributed by atoms with Crippen molar-refractivity contribution < 1.29 is 19.1 Å². The van der Waals surface area contributed by atoms with Gasteiger partial charge in [0.1, 0.15) is 0 Å². The van der Waals surface area contributed by atoms with Crippen LogP contribution in [0, 0.1) is 0 Å². The van der Waals surface area contributed by atoms with Crippen molar-refractivity contribution in [2.24, 2.45) is 0 Å². The van der Waals surface area contributed by atoms with Gasteiger partial charge in [-0.05, 0) is 75.0 Å². The van der Waals surface area contributed by atoms with Crippen LogP contribution >= 0.6 is 0 Å². The van der Waals surface area contributed by atoms with Crippen molar-refractivity contribution in [3.63, 3.8) is 0 Å². The molecule has 4 aromatic rings. The molecule has 0 fully saturated rings. The molecule has 206 valence electrons. The molecular weight excluding hydrogens is 504 g/mol. The molecule has 0 saturated heterocycles. The van der Waals surface area contributed by atoms with Gasteiger partial charge in [-0.3, -0.25) is 24.4 Å². The number of anilines is 2. The zero-order valence-corrected chi connectivity index (χ0v) is 23.2. The first-order chi connectivity index (χ1) is 19.4. The lowest BCUT2D eigenvalue weighted by Crippen LogP contribution is -2.40. The molecule has 0 bridgehead atoms. The second-order valence-electron chi connectivity index (χ2n) is 9.62. The number of hydrogen-bond acceptors (Lipinski definition) is 6. The van der Waals surface area contributed by atoms with Crippen LogP contribution in [-0.4, -0.2) is 48.6 Å². The highest BCUT2D eigenvalue weighted by Crippen LogP contribution is 2.30. The molecule has 0 aliphatic heterocycles. The smallest absolute Gasteiger partial charge is 0.261 e. The van der Waals surface area contributed by atoms with Gasteiger partial charge in [-0.25, -0.2) is 0 Å². The van der Waals surface area contributed by atoms with Crippen LogP contribution in [0.4, 0.5) is 11.4 Å². The van der Waals surface area contributed by atoms with Crippen molar-refractivity contribution in [2.45, 2.75) is 26.5 Å². The molecule has 0 atom stereocenters. The zero-order chi connectivity index (χ0) is 28.5. The molecule has 40 heavy (non-hydrogen) atoms. The fraction of sp³-hybridized carbons (Fsp3) is 0.219. The fourth-order valence-electron chi connectivity index (χ4n) is 4.26. The topological polar surface area (TPSA) is 84.0 Å². The Kier molecular flexibility index (Phi) is 9.48. The maximum Gasteiger partial charge on any atom is 0.261 e. The number of carbonyl (C=O) groups excluding carboxylic acids is 2. The minimum atomic E-state index is -0.337. The van der Waals surface area contributed by atoms with E-state index < -0.39 is 0 Å². The van der Waals surface area contributed by atoms with Crippen molar-refractivity contribution in [3.05, 3.63) is 114 Å². The Morgan fingerprint density at radius 3 is 2.38 bits per heavy atom. The summed E-state index contributed by atoms with van der Waals surface area (Å²) < 4.78 is 11.4. The number of carbonyl (C=O) groups is 2. The van der Waals surface area contributed by atoms with Gasteiger partial charge >= 0.3 is 0 Å². The minimum Gasteiger partial charge on any atom is -0.493 e. The predicted molar refractivity (Wildman–Crippen MR) is 157 cm³/mol. The van der Waals surface area contributed by atoms with Crippen molar-refractivity contribution in [3.8, 4) is 11.5 Å². The number of benzene rings is 3. The summed E-state index contributed by atoms with van der Waals surface area (Å²) in [6.45, 7) is 4.81. The van der Waals surface area contributed by atoms with Crippen molar-refractivity contribution >= 4 is 23.2 Å². The van der Waals surface area contributed by atoms with E-state index in [0.717, 1.165) is 11.3 Å². The molecule has 2 amide bonds. The third-order valence-electron chi connectivity index (χ3n) is 6.07. The summed E-state index contributed by atoms with van der Waals surface area (Å²) in [5, 5.41) is 2.87. The van der Waals surface area contributed by atoms with E-state index in [9.17, 15) is 9.59 Å². The lowest BCUT2D eigenvalue weighted by molar-refractivity contribution is 0.0971. The van der Waals surface area contributed by atoms with Crippen LogP contribution in [0.5, 0.6) is 11.5 Å². The first-order valence-electron chi connectivity index (χ1n) is 13.0. The summed E-state index contributed by atoms with van der Waals surface area (Å²) in [7, 11) is 3.57. The molecule has 0 aliphatic rings. The Hall–Kier alpha value is -4.69. The Morgan fingerprint density at radius 1 is 0.925 bits per heavy atom. The quantitative estimate of drug-likeness (QED) is 0.241. The van der Waals surface area contributed by atoms with Crippen LogP contribution < -0.4 is 19.7 Å². The van der Waals surface area contributed by atoms with Crippen molar-refractivity contribution in [1.82, 2.24) is 9.88 Å². The second kappa shape index (κ2) is 13.4. The summed E-state index contributed by atoms with van der Waals surface area (Å²) in [5.74, 6) is 0.776. The lowest BCUT2D eigenvalue weighted by atomic mass is 10.1. The van der Waals surface area contributed by atoms with E-state index >= 15 is 0 Å². The number of hydrogen-bond donors (Lipinski definition) is 1. The van der Waals surface area contributed by atoms with Gasteiger partial charge in [0, 0.05) is 24.6 Å². The number of aromatic nitrogens is 1. The van der Waals surface area contributed by atoms with Gasteiger partial charge in [0.05, 0.1) is 36.7 Å². The van der Waals surface area contributed by atoms with Gasteiger partial charge < -0.3 is 14.8 Å². The lowest BCUT2D eigenvalue weighted by Gasteiger charge is -2.29. The van der Waals surface area contributed by atoms with E-state index in [-0.39, 0.29) is 17.9 Å². The highest BCUT2D eigenvalue weighted by atomic mass is 16.5. The average Bonchev–Trinajstić information content (AvgIpc) is 2.96. The highest BCUT2D eigenvalue weighted by Gasteiger charge is 2.23. The Bertz CT molecular complexity index is 1430. The number of amides is 2. The molecule has 8 nitrogen and oxygen atoms in total. The van der Waals surface area contributed by atoms with Crippen LogP contribution in [0.15, 0.2) is 97.3 Å². The number of para-hydroxylation sites is 2. The third-order valence-corrected chi connectivity index (χ3v) is 6.07. The summed E-state index contributed by atoms with van der Waals surface area (Å²) in [6.07, 6.45) is 3.10. The number of methoxy groups -OCH3 is 1. The van der Waals surface area contributed by atoms with Crippen molar-refractivity contribution in [1.29, 1.82) is 0 Å². The molecule has 8 heteroatoms. The fourth-order valence-corrected chi connectivity index (χ4v) is 4.26. The Balaban J connectivity index is 1.58. The van der Waals surface area contributed by atoms with Crippen LogP contribution in [0.3, 0.4) is 0 Å². The Labute approximate surface area is 235 Å². The SMILES string of the molecule is COc1ccc(CN(C)CN(C(=O)c2ccccc2NC(=O)c2cccnc2)c2ccccc2)cc1OC(C)C. The monoisotopic (exact) mass is 538 g/mol. The summed E-state index contributed by atoms with van der Waals surface area (Å²) in [5.41, 5.74) is 2.98. The Morgan fingerprint density at radius 2 is 1.68 bits per heavy atom. The van der Waals surface area contributed by atoms with E-state index in [1.807, 2.05) is 74.3 Å². The molecule has 0 radical (unpaired) electrons. The molecule has 1 heterocycles. The van der Waals surface area contributed by atoms with Gasteiger partial charge in [-0.15, -0.1) is 0 Å². The normalized spacial score (nSPS) is 10.8. The molecule has 3 aromatic carbocycles. The van der Waals surface area contributed by atoms with Crippen LogP contribution in [0.2, 0.25) is 0 Å². The highest BCUT2D eigenvalue weighted by molar-refractivity contribution is 6.13. The van der Waals surface area contributed by atoms with Gasteiger partial charge in [0.2, 0.25) is 0 Å². The zero-order valence-electron chi connectivity index (χ0n) is 23.2. The van der Waals surface area contributed by atoms with E-state index in [1.165, 1.54) is 6.20 Å². The van der Waals surface area contributed by atoms with Gasteiger partial charge in [-0.1, -0.05) is 36.4 Å². The maximum atomic E-state index is 14.0. The van der Waals surface area contributed by atoms with Gasteiger partial charge in [0.25, 0.3) is 11.8 Å². The van der Waals surface area contributed by atoms with Crippen LogP contribution in [0.25, 0.3) is 0 Å². The van der Waals surface area contributed by atoms with E-state index in [4.69, 9.17) is 9.47 Å². The van der Waals surface area contributed by atoms with E-state index in [2.05, 4.69) is 10.3 Å². The van der Waals surface area contributed by atoms with E-state index in [0.29, 0.717) is 41.5 Å². The van der Waals surface area contributed by atoms with Crippen LogP contribution in [-0.2, 0) is 6.54 Å². The third kappa shape index (κ3) is 7.24. The molecule has 1 N–H and O–H groups in total. The van der Waals surface area contributed by atoms with Gasteiger partial charge in [-0.2, -0.15) is 0 Å². The van der Waals surface area contributed by atoms with Gasteiger partial charge in [0.15, 0.2) is 11.5 Å². The first-order valence-corrected chi connectivity index (χ1v) is 13.0. The number of nitrogens with one attached hydrogen (secondary N) is 1. The maximum absolute atomic E-state index is 14.0. The van der Waals surface area contributed by atoms with E-state index in [1.54, 1.807) is 54.6 Å². The average molecular weight is 539 g/mol. The molecule has 0 spiro atoms. The number of pyridine rings is 1. The van der Waals surface area contributed by atoms with Crippen molar-refractivity contribution in [2.75, 3.05) is 31.0 Å². The minimum absolute atomic E-state index is 0.00628. The standard InChI is InChI=1S/C32H34N4O4/c1-23(2)40-30-19-24(16-17-29(30)39-4)21-35(3)22-36(26-12-6-5-7-13-26)32(38)27-14-8-9-15-28(27)34-31(37)25-11-10-18-33-20-25/h5-20,23H,21-22H2,1-4H3,(H,34,37). The molecule has 0 unspecified atom stereocenters. The number of nitrogens with zero attached hydrogens (tertiary/aromatic N) is 3. The molecule has 4 rings (SSSR count). The summed E-state index contributed by atoms with van der Waals surface area (Å²) in [4.78, 5) is 34.6. The summed E-state index contributed by atoms with van der Waals surface area (Å²) in [6, 6.07) is 25.7. The second-order valence-corrected chi connectivity index (χ2v) is 9.62. The largest absolute Gasteiger partial charge is 0.493 e. The molecule has 0 saturated carbocycles. The number of ether oxygens (including phenoxy) is 2. The predicted octanol–water partition coefficient (Wildman–Crippen LogP) is 5.87.